The second-order valence-electron chi connectivity index (χ2n) is 4.78. The highest BCUT2D eigenvalue weighted by Gasteiger charge is 2.47. The average Bonchev–Trinajstić information content (AvgIpc) is 2.24. The Hall–Kier alpha value is 0.190. The third kappa shape index (κ3) is 2.71. The standard InChI is InChI=1S/C11H23NO3S/c1-3-4-5-12-6-9(14)11(2,16)10(15)8(12)7-13/h8-10,13-16H,3-7H2,1-2H3/t8-,9-,10-,11+/m1/s1. The van der Waals surface area contributed by atoms with E-state index < -0.39 is 17.0 Å². The minimum Gasteiger partial charge on any atom is -0.395 e. The predicted molar refractivity (Wildman–Crippen MR) is 66.8 cm³/mol. The van der Waals surface area contributed by atoms with Crippen molar-refractivity contribution >= 4 is 12.6 Å². The molecule has 1 saturated heterocycles. The van der Waals surface area contributed by atoms with Gasteiger partial charge in [-0.15, -0.1) is 0 Å². The summed E-state index contributed by atoms with van der Waals surface area (Å²) in [4.78, 5) is 1.96. The first-order valence-corrected chi connectivity index (χ1v) is 6.33. The van der Waals surface area contributed by atoms with Gasteiger partial charge in [-0.3, -0.25) is 4.90 Å². The fourth-order valence-corrected chi connectivity index (χ4v) is 2.42. The van der Waals surface area contributed by atoms with Crippen LogP contribution in [-0.4, -0.2) is 62.9 Å². The Balaban J connectivity index is 2.73. The molecule has 4 atom stereocenters. The van der Waals surface area contributed by atoms with E-state index in [0.29, 0.717) is 6.54 Å². The highest BCUT2D eigenvalue weighted by Crippen LogP contribution is 2.32. The molecule has 3 N–H and O–H groups in total. The first kappa shape index (κ1) is 14.3. The molecule has 0 aromatic heterocycles. The van der Waals surface area contributed by atoms with Crippen LogP contribution in [0.3, 0.4) is 0 Å². The van der Waals surface area contributed by atoms with Gasteiger partial charge in [-0.05, 0) is 19.9 Å². The molecule has 96 valence electrons. The molecular formula is C11H23NO3S. The molecule has 0 amide bonds. The molecule has 0 aliphatic carbocycles. The van der Waals surface area contributed by atoms with Crippen LogP contribution in [0.2, 0.25) is 0 Å². The number of aliphatic hydroxyl groups excluding tert-OH is 3. The Labute approximate surface area is 103 Å². The van der Waals surface area contributed by atoms with E-state index in [1.165, 1.54) is 0 Å². The van der Waals surface area contributed by atoms with E-state index >= 15 is 0 Å². The SMILES string of the molecule is CCCCN1C[C@@H](O)[C@](C)(S)[C@H](O)[C@H]1CO. The van der Waals surface area contributed by atoms with Gasteiger partial charge in [0.15, 0.2) is 0 Å². The highest BCUT2D eigenvalue weighted by molar-refractivity contribution is 7.81. The molecule has 1 aliphatic heterocycles. The number of likely N-dealkylation sites (tertiary alicyclic amines) is 1. The fraction of sp³-hybridized carbons (Fsp3) is 1.00. The zero-order chi connectivity index (χ0) is 12.3. The van der Waals surface area contributed by atoms with E-state index in [4.69, 9.17) is 0 Å². The summed E-state index contributed by atoms with van der Waals surface area (Å²) in [6, 6.07) is -0.322. The van der Waals surface area contributed by atoms with Gasteiger partial charge in [0.2, 0.25) is 0 Å². The van der Waals surface area contributed by atoms with Crippen molar-refractivity contribution in [2.75, 3.05) is 19.7 Å². The van der Waals surface area contributed by atoms with Crippen LogP contribution in [0, 0.1) is 0 Å². The topological polar surface area (TPSA) is 63.9 Å². The van der Waals surface area contributed by atoms with Crippen molar-refractivity contribution in [2.45, 2.75) is 49.7 Å². The van der Waals surface area contributed by atoms with Gasteiger partial charge in [0.25, 0.3) is 0 Å². The maximum atomic E-state index is 10.1. The summed E-state index contributed by atoms with van der Waals surface area (Å²) in [7, 11) is 0. The maximum Gasteiger partial charge on any atom is 0.0884 e. The van der Waals surface area contributed by atoms with Crippen LogP contribution in [-0.2, 0) is 0 Å². The number of hydrogen-bond donors (Lipinski definition) is 4. The average molecular weight is 249 g/mol. The second-order valence-corrected chi connectivity index (χ2v) is 5.75. The largest absolute Gasteiger partial charge is 0.395 e. The molecule has 0 bridgehead atoms. The van der Waals surface area contributed by atoms with Crippen molar-refractivity contribution in [1.29, 1.82) is 0 Å². The molecule has 1 aliphatic rings. The van der Waals surface area contributed by atoms with Gasteiger partial charge >= 0.3 is 0 Å². The Morgan fingerprint density at radius 3 is 2.56 bits per heavy atom. The third-order valence-electron chi connectivity index (χ3n) is 3.50. The molecule has 0 aromatic rings. The predicted octanol–water partition coefficient (Wildman–Crippen LogP) is -0.127. The van der Waals surface area contributed by atoms with E-state index in [0.717, 1.165) is 19.4 Å². The number of rotatable bonds is 4. The smallest absolute Gasteiger partial charge is 0.0884 e. The summed E-state index contributed by atoms with van der Waals surface area (Å²) < 4.78 is -0.851. The van der Waals surface area contributed by atoms with Crippen LogP contribution >= 0.6 is 12.6 Å². The van der Waals surface area contributed by atoms with Gasteiger partial charge in [-0.25, -0.2) is 0 Å². The molecule has 0 unspecified atom stereocenters. The van der Waals surface area contributed by atoms with Gasteiger partial charge in [-0.2, -0.15) is 12.6 Å². The molecule has 1 fully saturated rings. The molecule has 5 heteroatoms. The Morgan fingerprint density at radius 1 is 1.44 bits per heavy atom. The van der Waals surface area contributed by atoms with Crippen molar-refractivity contribution in [3.63, 3.8) is 0 Å². The zero-order valence-electron chi connectivity index (χ0n) is 10.0. The Kier molecular flexibility index (Phi) is 5.07. The highest BCUT2D eigenvalue weighted by atomic mass is 32.1. The quantitative estimate of drug-likeness (QED) is 0.524. The van der Waals surface area contributed by atoms with Crippen LogP contribution < -0.4 is 0 Å². The molecule has 0 saturated carbocycles. The van der Waals surface area contributed by atoms with Gasteiger partial charge in [0, 0.05) is 6.54 Å². The number of unbranched alkanes of at least 4 members (excludes halogenated alkanes) is 1. The number of β-amino-alcohol motifs (C(OH)–C–C–N with tert-alkyl or cyclic N) is 1. The van der Waals surface area contributed by atoms with Crippen molar-refractivity contribution in [3.05, 3.63) is 0 Å². The van der Waals surface area contributed by atoms with Gasteiger partial charge in [0.05, 0.1) is 29.6 Å². The number of hydrogen-bond acceptors (Lipinski definition) is 5. The monoisotopic (exact) mass is 249 g/mol. The second kappa shape index (κ2) is 5.69. The molecular weight excluding hydrogens is 226 g/mol. The van der Waals surface area contributed by atoms with E-state index in [9.17, 15) is 15.3 Å². The van der Waals surface area contributed by atoms with Gasteiger partial charge < -0.3 is 15.3 Å². The molecule has 16 heavy (non-hydrogen) atoms. The Morgan fingerprint density at radius 2 is 2.06 bits per heavy atom. The first-order chi connectivity index (χ1) is 7.45. The van der Waals surface area contributed by atoms with E-state index in [1.807, 2.05) is 4.90 Å². The number of thiol groups is 1. The van der Waals surface area contributed by atoms with Crippen molar-refractivity contribution in [1.82, 2.24) is 4.90 Å². The van der Waals surface area contributed by atoms with Gasteiger partial charge in [0.1, 0.15) is 0 Å². The number of nitrogens with zero attached hydrogens (tertiary/aromatic N) is 1. The van der Waals surface area contributed by atoms with Crippen LogP contribution in [0.25, 0.3) is 0 Å². The normalized spacial score (nSPS) is 41.2. The van der Waals surface area contributed by atoms with E-state index in [2.05, 4.69) is 19.6 Å². The first-order valence-electron chi connectivity index (χ1n) is 5.88. The van der Waals surface area contributed by atoms with Crippen LogP contribution in [0.1, 0.15) is 26.7 Å². The molecule has 1 rings (SSSR count). The molecule has 0 spiro atoms. The number of aliphatic hydroxyl groups is 3. The van der Waals surface area contributed by atoms with E-state index in [-0.39, 0.29) is 12.6 Å². The van der Waals surface area contributed by atoms with Crippen molar-refractivity contribution in [2.24, 2.45) is 0 Å². The maximum absolute atomic E-state index is 10.1. The van der Waals surface area contributed by atoms with Crippen LogP contribution in [0.4, 0.5) is 0 Å². The lowest BCUT2D eigenvalue weighted by atomic mass is 9.86. The summed E-state index contributed by atoms with van der Waals surface area (Å²) in [6.07, 6.45) is 0.560. The zero-order valence-corrected chi connectivity index (χ0v) is 10.9. The minimum absolute atomic E-state index is 0.103. The van der Waals surface area contributed by atoms with Crippen LogP contribution in [0.15, 0.2) is 0 Å². The van der Waals surface area contributed by atoms with E-state index in [1.54, 1.807) is 6.92 Å². The third-order valence-corrected chi connectivity index (χ3v) is 4.06. The lowest BCUT2D eigenvalue weighted by molar-refractivity contribution is -0.0869. The minimum atomic E-state index is -0.851. The fourth-order valence-electron chi connectivity index (χ4n) is 2.16. The molecule has 1 heterocycles. The summed E-state index contributed by atoms with van der Waals surface area (Å²) in [5, 5.41) is 29.4. The van der Waals surface area contributed by atoms with Crippen LogP contribution in [0.5, 0.6) is 0 Å². The van der Waals surface area contributed by atoms with Gasteiger partial charge in [-0.1, -0.05) is 13.3 Å². The molecule has 0 radical (unpaired) electrons. The lowest BCUT2D eigenvalue weighted by Crippen LogP contribution is -2.66. The summed E-state index contributed by atoms with van der Waals surface area (Å²) >= 11 is 4.31. The molecule has 4 nitrogen and oxygen atoms in total. The van der Waals surface area contributed by atoms with Crippen molar-refractivity contribution in [3.8, 4) is 0 Å². The Bertz CT molecular complexity index is 225. The summed E-state index contributed by atoms with van der Waals surface area (Å²) in [5.41, 5.74) is 0. The lowest BCUT2D eigenvalue weighted by Gasteiger charge is -2.49. The number of piperidine rings is 1. The van der Waals surface area contributed by atoms with Crippen molar-refractivity contribution < 1.29 is 15.3 Å². The molecule has 0 aromatic carbocycles. The summed E-state index contributed by atoms with van der Waals surface area (Å²) in [5.74, 6) is 0. The summed E-state index contributed by atoms with van der Waals surface area (Å²) in [6.45, 7) is 4.95.